The number of carbonyl (C=O) groups is 1. The Morgan fingerprint density at radius 1 is 1.38 bits per heavy atom. The van der Waals surface area contributed by atoms with E-state index in [1.165, 1.54) is 24.1 Å². The Kier molecular flexibility index (Phi) is 5.60. The third-order valence-corrected chi connectivity index (χ3v) is 2.79. The lowest BCUT2D eigenvalue weighted by Gasteiger charge is -2.24. The highest BCUT2D eigenvalue weighted by Gasteiger charge is 2.34. The third-order valence-electron chi connectivity index (χ3n) is 2.79. The molecule has 118 valence electrons. The Balaban J connectivity index is 3.03. The smallest absolute Gasteiger partial charge is 0.392 e. The van der Waals surface area contributed by atoms with Gasteiger partial charge in [0.15, 0.2) is 0 Å². The summed E-state index contributed by atoms with van der Waals surface area (Å²) in [4.78, 5) is 12.9. The van der Waals surface area contributed by atoms with Crippen molar-refractivity contribution in [2.75, 3.05) is 18.5 Å². The molecule has 7 heteroatoms. The first-order valence-electron chi connectivity index (χ1n) is 6.46. The molecule has 0 bridgehead atoms. The molecule has 1 aromatic rings. The van der Waals surface area contributed by atoms with Crippen molar-refractivity contribution in [2.24, 2.45) is 0 Å². The summed E-state index contributed by atoms with van der Waals surface area (Å²) in [6, 6.07) is 3.48. The van der Waals surface area contributed by atoms with Gasteiger partial charge in [0.25, 0.3) is 0 Å². The van der Waals surface area contributed by atoms with Gasteiger partial charge in [-0.25, -0.2) is 0 Å². The van der Waals surface area contributed by atoms with E-state index in [9.17, 15) is 18.0 Å². The summed E-state index contributed by atoms with van der Waals surface area (Å²) in [6.45, 7) is 2.89. The predicted molar refractivity (Wildman–Crippen MR) is 73.9 cm³/mol. The number of hydrogen-bond acceptors (Lipinski definition) is 3. The number of benzene rings is 1. The van der Waals surface area contributed by atoms with Crippen molar-refractivity contribution < 1.29 is 23.1 Å². The summed E-state index contributed by atoms with van der Waals surface area (Å²) in [6.07, 6.45) is -4.55. The van der Waals surface area contributed by atoms with Crippen LogP contribution in [0, 0.1) is 0 Å². The lowest BCUT2D eigenvalue weighted by Crippen LogP contribution is -2.39. The Morgan fingerprint density at radius 2 is 2.00 bits per heavy atom. The summed E-state index contributed by atoms with van der Waals surface area (Å²) in [5.74, 6) is -0.355. The van der Waals surface area contributed by atoms with E-state index >= 15 is 0 Å². The fourth-order valence-electron chi connectivity index (χ4n) is 1.91. The second-order valence-corrected chi connectivity index (χ2v) is 5.09. The Labute approximate surface area is 121 Å². The van der Waals surface area contributed by atoms with Crippen molar-refractivity contribution in [2.45, 2.75) is 32.7 Å². The van der Waals surface area contributed by atoms with E-state index in [4.69, 9.17) is 5.11 Å². The number of aliphatic hydroxyl groups excluding tert-OH is 1. The number of nitrogens with zero attached hydrogens (tertiary/aromatic N) is 1. The van der Waals surface area contributed by atoms with Gasteiger partial charge in [0.2, 0.25) is 5.91 Å². The van der Waals surface area contributed by atoms with E-state index in [1.54, 1.807) is 13.8 Å². The summed E-state index contributed by atoms with van der Waals surface area (Å²) >= 11 is 0. The van der Waals surface area contributed by atoms with Crippen molar-refractivity contribution >= 4 is 11.6 Å². The molecule has 0 atom stereocenters. The Hall–Kier alpha value is -1.76. The predicted octanol–water partition coefficient (Wildman–Crippen LogP) is 2.16. The Bertz CT molecular complexity index is 501. The number of likely N-dealkylation sites (N-methyl/N-ethyl adjacent to an activating group) is 1. The topological polar surface area (TPSA) is 52.6 Å². The maximum Gasteiger partial charge on any atom is 0.418 e. The molecule has 1 amide bonds. The van der Waals surface area contributed by atoms with Gasteiger partial charge in [-0.3, -0.25) is 4.79 Å². The van der Waals surface area contributed by atoms with Crippen molar-refractivity contribution in [1.29, 1.82) is 0 Å². The molecule has 21 heavy (non-hydrogen) atoms. The quantitative estimate of drug-likeness (QED) is 0.876. The molecular formula is C14H19F3N2O2. The zero-order chi connectivity index (χ0) is 16.2. The molecule has 0 aliphatic rings. The van der Waals surface area contributed by atoms with Crippen LogP contribution in [0.25, 0.3) is 0 Å². The van der Waals surface area contributed by atoms with Gasteiger partial charge >= 0.3 is 6.18 Å². The highest BCUT2D eigenvalue weighted by atomic mass is 19.4. The van der Waals surface area contributed by atoms with Crippen molar-refractivity contribution in [3.63, 3.8) is 0 Å². The van der Waals surface area contributed by atoms with E-state index in [-0.39, 0.29) is 29.7 Å². The standard InChI is InChI=1S/C14H19F3N2O2/c1-9(2)18-13(21)7-19(3)12-5-4-10(8-20)6-11(12)14(15,16)17/h4-6,9,20H,7-8H2,1-3H3,(H,18,21). The van der Waals surface area contributed by atoms with Gasteiger partial charge in [-0.05, 0) is 31.5 Å². The fraction of sp³-hybridized carbons (Fsp3) is 0.500. The average Bonchev–Trinajstić information content (AvgIpc) is 2.35. The first kappa shape index (κ1) is 17.3. The molecule has 4 nitrogen and oxygen atoms in total. The molecule has 1 rings (SSSR count). The van der Waals surface area contributed by atoms with Crippen LogP contribution in [0.2, 0.25) is 0 Å². The number of rotatable bonds is 5. The van der Waals surface area contributed by atoms with Gasteiger partial charge in [0.05, 0.1) is 18.7 Å². The highest BCUT2D eigenvalue weighted by Crippen LogP contribution is 2.36. The van der Waals surface area contributed by atoms with Gasteiger partial charge in [0, 0.05) is 18.8 Å². The number of halogens is 3. The lowest BCUT2D eigenvalue weighted by atomic mass is 10.1. The minimum Gasteiger partial charge on any atom is -0.392 e. The zero-order valence-electron chi connectivity index (χ0n) is 12.2. The van der Waals surface area contributed by atoms with Crippen LogP contribution in [-0.4, -0.2) is 30.6 Å². The normalized spacial score (nSPS) is 11.6. The maximum atomic E-state index is 13.1. The van der Waals surface area contributed by atoms with Crippen LogP contribution in [-0.2, 0) is 17.6 Å². The van der Waals surface area contributed by atoms with Crippen molar-refractivity contribution in [3.8, 4) is 0 Å². The van der Waals surface area contributed by atoms with Gasteiger partial charge in [-0.2, -0.15) is 13.2 Å². The molecule has 0 aliphatic heterocycles. The van der Waals surface area contributed by atoms with Crippen LogP contribution in [0.5, 0.6) is 0 Å². The van der Waals surface area contributed by atoms with Crippen LogP contribution in [0.4, 0.5) is 18.9 Å². The van der Waals surface area contributed by atoms with Crippen LogP contribution in [0.3, 0.4) is 0 Å². The molecule has 0 saturated heterocycles. The number of alkyl halides is 3. The molecule has 0 aromatic heterocycles. The summed E-state index contributed by atoms with van der Waals surface area (Å²) in [5, 5.41) is 11.6. The van der Waals surface area contributed by atoms with Gasteiger partial charge in [0.1, 0.15) is 0 Å². The van der Waals surface area contributed by atoms with Crippen LogP contribution >= 0.6 is 0 Å². The van der Waals surface area contributed by atoms with E-state index in [0.29, 0.717) is 0 Å². The molecule has 2 N–H and O–H groups in total. The largest absolute Gasteiger partial charge is 0.418 e. The number of hydrogen-bond donors (Lipinski definition) is 2. The minimum atomic E-state index is -4.55. The minimum absolute atomic E-state index is 0.0789. The second-order valence-electron chi connectivity index (χ2n) is 5.09. The van der Waals surface area contributed by atoms with E-state index < -0.39 is 18.3 Å². The SMILES string of the molecule is CC(C)NC(=O)CN(C)c1ccc(CO)cc1C(F)(F)F. The monoisotopic (exact) mass is 304 g/mol. The van der Waals surface area contributed by atoms with Gasteiger partial charge < -0.3 is 15.3 Å². The molecule has 0 aliphatic carbocycles. The van der Waals surface area contributed by atoms with Crippen LogP contribution < -0.4 is 10.2 Å². The first-order chi connectivity index (χ1) is 9.65. The number of carbonyl (C=O) groups excluding carboxylic acids is 1. The molecule has 0 saturated carbocycles. The van der Waals surface area contributed by atoms with Gasteiger partial charge in [-0.1, -0.05) is 6.07 Å². The second kappa shape index (κ2) is 6.80. The molecule has 0 heterocycles. The Morgan fingerprint density at radius 3 is 2.48 bits per heavy atom. The number of aliphatic hydroxyl groups is 1. The zero-order valence-corrected chi connectivity index (χ0v) is 12.2. The molecule has 0 radical (unpaired) electrons. The first-order valence-corrected chi connectivity index (χ1v) is 6.46. The molecule has 0 unspecified atom stereocenters. The summed E-state index contributed by atoms with van der Waals surface area (Å²) in [7, 11) is 1.42. The van der Waals surface area contributed by atoms with Crippen molar-refractivity contribution in [3.05, 3.63) is 29.3 Å². The van der Waals surface area contributed by atoms with E-state index in [0.717, 1.165) is 6.07 Å². The molecule has 0 fully saturated rings. The number of amides is 1. The lowest BCUT2D eigenvalue weighted by molar-refractivity contribution is -0.137. The van der Waals surface area contributed by atoms with Gasteiger partial charge in [-0.15, -0.1) is 0 Å². The van der Waals surface area contributed by atoms with Crippen LogP contribution in [0.15, 0.2) is 18.2 Å². The third kappa shape index (κ3) is 4.93. The van der Waals surface area contributed by atoms with Crippen molar-refractivity contribution in [1.82, 2.24) is 5.32 Å². The highest BCUT2D eigenvalue weighted by molar-refractivity contribution is 5.81. The summed E-state index contributed by atoms with van der Waals surface area (Å²) < 4.78 is 39.2. The maximum absolute atomic E-state index is 13.1. The molecular weight excluding hydrogens is 285 g/mol. The fourth-order valence-corrected chi connectivity index (χ4v) is 1.91. The average molecular weight is 304 g/mol. The molecule has 0 spiro atoms. The number of anilines is 1. The summed E-state index contributed by atoms with van der Waals surface area (Å²) in [5.41, 5.74) is -0.793. The van der Waals surface area contributed by atoms with E-state index in [2.05, 4.69) is 5.32 Å². The van der Waals surface area contributed by atoms with Crippen LogP contribution in [0.1, 0.15) is 25.0 Å². The molecule has 1 aromatic carbocycles. The number of nitrogens with one attached hydrogen (secondary N) is 1. The van der Waals surface area contributed by atoms with E-state index in [1.807, 2.05) is 0 Å².